The van der Waals surface area contributed by atoms with E-state index in [0.717, 1.165) is 0 Å². The third-order valence-corrected chi connectivity index (χ3v) is 3.21. The summed E-state index contributed by atoms with van der Waals surface area (Å²) in [6, 6.07) is 0.0189. The second-order valence-electron chi connectivity index (χ2n) is 6.08. The van der Waals surface area contributed by atoms with Crippen LogP contribution in [0.25, 0.3) is 0 Å². The maximum atomic E-state index is 11.6. The zero-order chi connectivity index (χ0) is 13.9. The van der Waals surface area contributed by atoms with E-state index in [-0.39, 0.29) is 17.9 Å². The highest BCUT2D eigenvalue weighted by atomic mass is 16.6. The Hall–Kier alpha value is -1.26. The molecule has 0 radical (unpaired) electrons. The maximum Gasteiger partial charge on any atom is 0.407 e. The van der Waals surface area contributed by atoms with Crippen LogP contribution < -0.4 is 5.32 Å². The SMILES string of the molecule is C[C@H]1C[C@@H](NC(=O)OC(C)(C)C)CC[C@H]1C(=O)O. The highest BCUT2D eigenvalue weighted by molar-refractivity contribution is 5.71. The molecule has 0 unspecified atom stereocenters. The Morgan fingerprint density at radius 1 is 1.28 bits per heavy atom. The van der Waals surface area contributed by atoms with Gasteiger partial charge in [-0.3, -0.25) is 4.79 Å². The number of ether oxygens (including phenoxy) is 1. The molecule has 0 aromatic heterocycles. The van der Waals surface area contributed by atoms with Crippen molar-refractivity contribution in [3.63, 3.8) is 0 Å². The summed E-state index contributed by atoms with van der Waals surface area (Å²) in [4.78, 5) is 22.6. The van der Waals surface area contributed by atoms with Crippen LogP contribution in [0.4, 0.5) is 4.79 Å². The average molecular weight is 257 g/mol. The van der Waals surface area contributed by atoms with Gasteiger partial charge in [-0.1, -0.05) is 6.92 Å². The number of carboxylic acid groups (broad SMARTS) is 1. The minimum Gasteiger partial charge on any atom is -0.481 e. The second kappa shape index (κ2) is 5.59. The van der Waals surface area contributed by atoms with Crippen molar-refractivity contribution in [2.75, 3.05) is 0 Å². The van der Waals surface area contributed by atoms with Gasteiger partial charge >= 0.3 is 12.1 Å². The number of amides is 1. The van der Waals surface area contributed by atoms with E-state index in [9.17, 15) is 9.59 Å². The monoisotopic (exact) mass is 257 g/mol. The number of hydrogen-bond donors (Lipinski definition) is 2. The Labute approximate surface area is 108 Å². The molecule has 0 aromatic rings. The Kier molecular flexibility index (Phi) is 4.59. The van der Waals surface area contributed by atoms with Crippen LogP contribution in [-0.2, 0) is 9.53 Å². The minimum absolute atomic E-state index is 0.0189. The van der Waals surface area contributed by atoms with E-state index in [4.69, 9.17) is 9.84 Å². The smallest absolute Gasteiger partial charge is 0.407 e. The maximum absolute atomic E-state index is 11.6. The Balaban J connectivity index is 2.43. The molecule has 0 aliphatic heterocycles. The molecule has 5 nitrogen and oxygen atoms in total. The molecule has 0 bridgehead atoms. The third-order valence-electron chi connectivity index (χ3n) is 3.21. The molecule has 3 atom stereocenters. The van der Waals surface area contributed by atoms with E-state index >= 15 is 0 Å². The summed E-state index contributed by atoms with van der Waals surface area (Å²) in [6.07, 6.45) is 1.57. The molecule has 0 saturated heterocycles. The molecule has 1 saturated carbocycles. The van der Waals surface area contributed by atoms with Crippen LogP contribution in [0.15, 0.2) is 0 Å². The Morgan fingerprint density at radius 3 is 2.33 bits per heavy atom. The molecule has 0 aromatic carbocycles. The first-order valence-corrected chi connectivity index (χ1v) is 6.41. The number of carbonyl (C=O) groups is 2. The number of aliphatic carboxylic acids is 1. The van der Waals surface area contributed by atoms with Crippen molar-refractivity contribution < 1.29 is 19.4 Å². The predicted octanol–water partition coefficient (Wildman–Crippen LogP) is 2.40. The molecule has 5 heteroatoms. The van der Waals surface area contributed by atoms with Gasteiger partial charge in [0.05, 0.1) is 5.92 Å². The van der Waals surface area contributed by atoms with Crippen LogP contribution in [0.3, 0.4) is 0 Å². The minimum atomic E-state index is -0.738. The summed E-state index contributed by atoms with van der Waals surface area (Å²) in [6.45, 7) is 7.37. The van der Waals surface area contributed by atoms with Gasteiger partial charge in [0.15, 0.2) is 0 Å². The summed E-state index contributed by atoms with van der Waals surface area (Å²) in [5.41, 5.74) is -0.506. The van der Waals surface area contributed by atoms with E-state index in [1.807, 2.05) is 27.7 Å². The molecular formula is C13H23NO4. The van der Waals surface area contributed by atoms with Gasteiger partial charge in [0, 0.05) is 6.04 Å². The molecule has 2 N–H and O–H groups in total. The molecular weight excluding hydrogens is 234 g/mol. The van der Waals surface area contributed by atoms with Gasteiger partial charge < -0.3 is 15.2 Å². The lowest BCUT2D eigenvalue weighted by Gasteiger charge is -2.32. The summed E-state index contributed by atoms with van der Waals surface area (Å²) in [5, 5.41) is 11.8. The fourth-order valence-corrected chi connectivity index (χ4v) is 2.37. The summed E-state index contributed by atoms with van der Waals surface area (Å²) < 4.78 is 5.18. The van der Waals surface area contributed by atoms with Gasteiger partial charge in [-0.05, 0) is 46.0 Å². The Bertz CT molecular complexity index is 321. The highest BCUT2D eigenvalue weighted by Crippen LogP contribution is 2.30. The topological polar surface area (TPSA) is 75.6 Å². The number of carbonyl (C=O) groups excluding carboxylic acids is 1. The van der Waals surface area contributed by atoms with Crippen molar-refractivity contribution in [2.45, 2.75) is 58.6 Å². The molecule has 1 aliphatic carbocycles. The van der Waals surface area contributed by atoms with Crippen LogP contribution in [0.2, 0.25) is 0 Å². The van der Waals surface area contributed by atoms with Crippen molar-refractivity contribution in [3.05, 3.63) is 0 Å². The standard InChI is InChI=1S/C13H23NO4/c1-8-7-9(5-6-10(8)11(15)16)14-12(17)18-13(2,3)4/h8-10H,5-7H2,1-4H3,(H,14,17)(H,15,16)/t8-,9-,10+/m0/s1. The zero-order valence-electron chi connectivity index (χ0n) is 11.5. The largest absolute Gasteiger partial charge is 0.481 e. The summed E-state index contributed by atoms with van der Waals surface area (Å²) >= 11 is 0. The van der Waals surface area contributed by atoms with E-state index in [0.29, 0.717) is 19.3 Å². The van der Waals surface area contributed by atoms with E-state index < -0.39 is 17.7 Å². The van der Waals surface area contributed by atoms with E-state index in [1.165, 1.54) is 0 Å². The van der Waals surface area contributed by atoms with E-state index in [2.05, 4.69) is 5.32 Å². The van der Waals surface area contributed by atoms with Gasteiger partial charge in [-0.25, -0.2) is 4.79 Å². The van der Waals surface area contributed by atoms with E-state index in [1.54, 1.807) is 0 Å². The van der Waals surface area contributed by atoms with Gasteiger partial charge in [-0.2, -0.15) is 0 Å². The lowest BCUT2D eigenvalue weighted by molar-refractivity contribution is -0.144. The van der Waals surface area contributed by atoms with Crippen molar-refractivity contribution in [1.29, 1.82) is 0 Å². The van der Waals surface area contributed by atoms with Crippen molar-refractivity contribution in [2.24, 2.45) is 11.8 Å². The first-order valence-electron chi connectivity index (χ1n) is 6.41. The first kappa shape index (κ1) is 14.8. The van der Waals surface area contributed by atoms with Crippen molar-refractivity contribution in [3.8, 4) is 0 Å². The van der Waals surface area contributed by atoms with Gasteiger partial charge in [0.1, 0.15) is 5.60 Å². The van der Waals surface area contributed by atoms with Crippen LogP contribution in [0.1, 0.15) is 47.0 Å². The van der Waals surface area contributed by atoms with Crippen LogP contribution >= 0.6 is 0 Å². The lowest BCUT2D eigenvalue weighted by atomic mass is 9.78. The number of rotatable bonds is 2. The number of nitrogens with one attached hydrogen (secondary N) is 1. The average Bonchev–Trinajstić information content (AvgIpc) is 2.13. The number of alkyl carbamates (subject to hydrolysis) is 1. The third kappa shape index (κ3) is 4.55. The van der Waals surface area contributed by atoms with Crippen LogP contribution in [0, 0.1) is 11.8 Å². The van der Waals surface area contributed by atoms with Crippen LogP contribution in [0.5, 0.6) is 0 Å². The second-order valence-corrected chi connectivity index (χ2v) is 6.08. The lowest BCUT2D eigenvalue weighted by Crippen LogP contribution is -2.43. The van der Waals surface area contributed by atoms with Gasteiger partial charge in [0.2, 0.25) is 0 Å². The fourth-order valence-electron chi connectivity index (χ4n) is 2.37. The molecule has 1 fully saturated rings. The predicted molar refractivity (Wildman–Crippen MR) is 67.3 cm³/mol. The fraction of sp³-hybridized carbons (Fsp3) is 0.846. The number of carboxylic acids is 1. The molecule has 18 heavy (non-hydrogen) atoms. The Morgan fingerprint density at radius 2 is 1.89 bits per heavy atom. The highest BCUT2D eigenvalue weighted by Gasteiger charge is 2.33. The summed E-state index contributed by atoms with van der Waals surface area (Å²) in [7, 11) is 0. The molecule has 0 heterocycles. The van der Waals surface area contributed by atoms with Crippen molar-refractivity contribution in [1.82, 2.24) is 5.32 Å². The van der Waals surface area contributed by atoms with Crippen molar-refractivity contribution >= 4 is 12.1 Å². The molecule has 104 valence electrons. The molecule has 1 amide bonds. The quantitative estimate of drug-likeness (QED) is 0.796. The zero-order valence-corrected chi connectivity index (χ0v) is 11.5. The molecule has 0 spiro atoms. The first-order chi connectivity index (χ1) is 8.19. The van der Waals surface area contributed by atoms with Gasteiger partial charge in [-0.15, -0.1) is 0 Å². The number of hydrogen-bond acceptors (Lipinski definition) is 3. The molecule has 1 aliphatic rings. The van der Waals surface area contributed by atoms with Gasteiger partial charge in [0.25, 0.3) is 0 Å². The normalized spacial score (nSPS) is 28.6. The van der Waals surface area contributed by atoms with Crippen LogP contribution in [-0.4, -0.2) is 28.8 Å². The molecule has 1 rings (SSSR count). The summed E-state index contributed by atoms with van der Waals surface area (Å²) in [5.74, 6) is -0.948.